The van der Waals surface area contributed by atoms with E-state index in [9.17, 15) is 19.9 Å². The van der Waals surface area contributed by atoms with E-state index in [2.05, 4.69) is 4.52 Å². The average molecular weight is 354 g/mol. The van der Waals surface area contributed by atoms with Crippen molar-refractivity contribution in [1.82, 2.24) is 0 Å². The fourth-order valence-corrected chi connectivity index (χ4v) is 2.83. The van der Waals surface area contributed by atoms with Gasteiger partial charge in [-0.05, 0) is 36.5 Å². The van der Waals surface area contributed by atoms with Crippen LogP contribution in [0.15, 0.2) is 36.4 Å². The SMILES string of the molecule is CC(CCc1c(O)cc(O)cc1OP(=O)(O)O)c1ccc(O)cc1. The number of phosphoric ester groups is 1. The molecule has 0 saturated heterocycles. The Labute approximate surface area is 139 Å². The van der Waals surface area contributed by atoms with E-state index in [0.29, 0.717) is 6.42 Å². The van der Waals surface area contributed by atoms with E-state index in [1.807, 2.05) is 6.92 Å². The fraction of sp³-hybridized carbons (Fsp3) is 0.250. The highest BCUT2D eigenvalue weighted by molar-refractivity contribution is 7.46. The quantitative estimate of drug-likeness (QED) is 0.505. The Hall–Kier alpha value is -2.21. The first kappa shape index (κ1) is 18.1. The van der Waals surface area contributed by atoms with Gasteiger partial charge in [0, 0.05) is 17.7 Å². The van der Waals surface area contributed by atoms with Gasteiger partial charge in [0.05, 0.1) is 0 Å². The largest absolute Gasteiger partial charge is 0.524 e. The van der Waals surface area contributed by atoms with E-state index in [1.165, 1.54) is 0 Å². The minimum atomic E-state index is -4.82. The summed E-state index contributed by atoms with van der Waals surface area (Å²) in [5, 5.41) is 28.7. The van der Waals surface area contributed by atoms with E-state index in [1.54, 1.807) is 24.3 Å². The number of hydrogen-bond donors (Lipinski definition) is 5. The molecule has 0 amide bonds. The van der Waals surface area contributed by atoms with E-state index in [0.717, 1.165) is 17.7 Å². The van der Waals surface area contributed by atoms with E-state index < -0.39 is 7.82 Å². The van der Waals surface area contributed by atoms with Crippen molar-refractivity contribution >= 4 is 7.82 Å². The first-order chi connectivity index (χ1) is 11.2. The highest BCUT2D eigenvalue weighted by atomic mass is 31.2. The van der Waals surface area contributed by atoms with Crippen LogP contribution in [0.5, 0.6) is 23.0 Å². The highest BCUT2D eigenvalue weighted by Crippen LogP contribution is 2.44. The van der Waals surface area contributed by atoms with Gasteiger partial charge in [0.15, 0.2) is 0 Å². The average Bonchev–Trinajstić information content (AvgIpc) is 2.45. The third-order valence-corrected chi connectivity index (χ3v) is 4.11. The summed E-state index contributed by atoms with van der Waals surface area (Å²) in [6.45, 7) is 1.95. The smallest absolute Gasteiger partial charge is 0.508 e. The Morgan fingerprint density at radius 1 is 1.04 bits per heavy atom. The van der Waals surface area contributed by atoms with Crippen molar-refractivity contribution in [2.45, 2.75) is 25.7 Å². The molecule has 0 fully saturated rings. The summed E-state index contributed by atoms with van der Waals surface area (Å²) in [6, 6.07) is 8.86. The lowest BCUT2D eigenvalue weighted by Gasteiger charge is -2.16. The third-order valence-electron chi connectivity index (χ3n) is 3.68. The highest BCUT2D eigenvalue weighted by Gasteiger charge is 2.21. The summed E-state index contributed by atoms with van der Waals surface area (Å²) in [6.07, 6.45) is 0.837. The fourth-order valence-electron chi connectivity index (χ4n) is 2.41. The van der Waals surface area contributed by atoms with Crippen molar-refractivity contribution in [1.29, 1.82) is 0 Å². The molecule has 130 valence electrons. The van der Waals surface area contributed by atoms with Gasteiger partial charge < -0.3 is 19.8 Å². The number of hydrogen-bond acceptors (Lipinski definition) is 5. The molecule has 24 heavy (non-hydrogen) atoms. The summed E-state index contributed by atoms with van der Waals surface area (Å²) in [7, 11) is -4.82. The van der Waals surface area contributed by atoms with Crippen LogP contribution in [-0.4, -0.2) is 25.1 Å². The minimum Gasteiger partial charge on any atom is -0.508 e. The molecular formula is C16H19O7P. The Kier molecular flexibility index (Phi) is 5.39. The maximum atomic E-state index is 11.1. The van der Waals surface area contributed by atoms with Crippen LogP contribution in [0.2, 0.25) is 0 Å². The molecule has 0 heterocycles. The van der Waals surface area contributed by atoms with Gasteiger partial charge in [0.25, 0.3) is 0 Å². The van der Waals surface area contributed by atoms with Gasteiger partial charge >= 0.3 is 7.82 Å². The predicted molar refractivity (Wildman–Crippen MR) is 87.3 cm³/mol. The molecule has 1 unspecified atom stereocenters. The second kappa shape index (κ2) is 7.13. The number of benzene rings is 2. The van der Waals surface area contributed by atoms with Crippen LogP contribution in [-0.2, 0) is 11.0 Å². The third kappa shape index (κ3) is 4.89. The molecule has 0 saturated carbocycles. The zero-order valence-electron chi connectivity index (χ0n) is 13.0. The predicted octanol–water partition coefficient (Wildman–Crippen LogP) is 3.01. The van der Waals surface area contributed by atoms with Gasteiger partial charge in [-0.1, -0.05) is 19.1 Å². The molecule has 2 aromatic rings. The van der Waals surface area contributed by atoms with Crippen molar-refractivity contribution in [2.75, 3.05) is 0 Å². The molecule has 7 nitrogen and oxygen atoms in total. The zero-order chi connectivity index (χ0) is 17.9. The molecule has 0 aliphatic rings. The molecule has 0 bridgehead atoms. The van der Waals surface area contributed by atoms with Gasteiger partial charge in [0.2, 0.25) is 0 Å². The van der Waals surface area contributed by atoms with Crippen molar-refractivity contribution < 1.29 is 34.2 Å². The van der Waals surface area contributed by atoms with Crippen molar-refractivity contribution in [2.24, 2.45) is 0 Å². The van der Waals surface area contributed by atoms with Crippen LogP contribution in [0.25, 0.3) is 0 Å². The summed E-state index contributed by atoms with van der Waals surface area (Å²) < 4.78 is 15.6. The summed E-state index contributed by atoms with van der Waals surface area (Å²) >= 11 is 0. The number of aromatic hydroxyl groups is 3. The first-order valence-corrected chi connectivity index (χ1v) is 8.77. The number of phenolic OH excluding ortho intramolecular Hbond substituents is 3. The van der Waals surface area contributed by atoms with Crippen LogP contribution in [0, 0.1) is 0 Å². The van der Waals surface area contributed by atoms with Crippen LogP contribution in [0.4, 0.5) is 0 Å². The van der Waals surface area contributed by atoms with E-state index in [4.69, 9.17) is 9.79 Å². The van der Waals surface area contributed by atoms with Crippen molar-refractivity contribution in [3.8, 4) is 23.0 Å². The van der Waals surface area contributed by atoms with Gasteiger partial charge in [-0.15, -0.1) is 0 Å². The van der Waals surface area contributed by atoms with Crippen LogP contribution in [0.1, 0.15) is 30.4 Å². The molecular weight excluding hydrogens is 335 g/mol. The van der Waals surface area contributed by atoms with Crippen molar-refractivity contribution in [3.05, 3.63) is 47.5 Å². The second-order valence-electron chi connectivity index (χ2n) is 5.55. The Morgan fingerprint density at radius 3 is 2.25 bits per heavy atom. The number of phosphoric acid groups is 1. The van der Waals surface area contributed by atoms with Crippen molar-refractivity contribution in [3.63, 3.8) is 0 Å². The molecule has 8 heteroatoms. The van der Waals surface area contributed by atoms with Gasteiger partial charge in [-0.25, -0.2) is 4.57 Å². The van der Waals surface area contributed by atoms with E-state index >= 15 is 0 Å². The molecule has 2 aromatic carbocycles. The molecule has 0 spiro atoms. The van der Waals surface area contributed by atoms with Crippen LogP contribution in [0.3, 0.4) is 0 Å². The Balaban J connectivity index is 2.19. The van der Waals surface area contributed by atoms with Crippen LogP contribution >= 0.6 is 7.82 Å². The van der Waals surface area contributed by atoms with Gasteiger partial charge in [-0.2, -0.15) is 0 Å². The summed E-state index contributed by atoms with van der Waals surface area (Å²) in [5.41, 5.74) is 1.19. The topological polar surface area (TPSA) is 127 Å². The molecule has 0 aliphatic carbocycles. The molecule has 0 aliphatic heterocycles. The zero-order valence-corrected chi connectivity index (χ0v) is 13.8. The standard InChI is InChI=1S/C16H19O7P/c1-10(11-3-5-12(17)6-4-11)2-7-14-15(19)8-13(18)9-16(14)23-24(20,21)22/h3-6,8-10,17-19H,2,7H2,1H3,(H2,20,21,22). The van der Waals surface area contributed by atoms with Gasteiger partial charge in [0.1, 0.15) is 23.0 Å². The maximum absolute atomic E-state index is 11.1. The van der Waals surface area contributed by atoms with E-state index in [-0.39, 0.29) is 40.9 Å². The molecule has 0 aromatic heterocycles. The lowest BCUT2D eigenvalue weighted by Crippen LogP contribution is -2.00. The first-order valence-electron chi connectivity index (χ1n) is 7.24. The molecule has 2 rings (SSSR count). The number of phenols is 3. The number of rotatable bonds is 6. The Bertz CT molecular complexity index is 752. The molecule has 1 atom stereocenters. The summed E-state index contributed by atoms with van der Waals surface area (Å²) in [5.74, 6) is -0.664. The second-order valence-corrected chi connectivity index (χ2v) is 6.72. The lowest BCUT2D eigenvalue weighted by molar-refractivity contribution is 0.281. The minimum absolute atomic E-state index is 0.0710. The molecule has 0 radical (unpaired) electrons. The Morgan fingerprint density at radius 2 is 1.67 bits per heavy atom. The lowest BCUT2D eigenvalue weighted by atomic mass is 9.93. The normalized spacial score (nSPS) is 12.8. The van der Waals surface area contributed by atoms with Crippen LogP contribution < -0.4 is 4.52 Å². The summed E-state index contributed by atoms with van der Waals surface area (Å²) in [4.78, 5) is 17.9. The maximum Gasteiger partial charge on any atom is 0.524 e. The van der Waals surface area contributed by atoms with Gasteiger partial charge in [-0.3, -0.25) is 9.79 Å². The monoisotopic (exact) mass is 354 g/mol. The molecule has 5 N–H and O–H groups in total.